The van der Waals surface area contributed by atoms with E-state index in [0.29, 0.717) is 18.0 Å². The van der Waals surface area contributed by atoms with Crippen LogP contribution in [0.25, 0.3) is 10.2 Å². The highest BCUT2D eigenvalue weighted by Crippen LogP contribution is 2.23. The van der Waals surface area contributed by atoms with Gasteiger partial charge in [-0.3, -0.25) is 4.79 Å². The molecule has 6 heteroatoms. The van der Waals surface area contributed by atoms with E-state index in [0.717, 1.165) is 42.0 Å². The minimum Gasteiger partial charge on any atom is -0.337 e. The molecule has 0 fully saturated rings. The Labute approximate surface area is 175 Å². The van der Waals surface area contributed by atoms with Gasteiger partial charge in [-0.15, -0.1) is 11.3 Å². The summed E-state index contributed by atoms with van der Waals surface area (Å²) in [5, 5.41) is 1.82. The van der Waals surface area contributed by atoms with Crippen molar-refractivity contribution in [3.63, 3.8) is 0 Å². The SMILES string of the molecule is CN(C)CCN(Cc1ccc(Cl)cc1)C(=O)CCCc1nc2ccccc2s1. The maximum absolute atomic E-state index is 12.9. The van der Waals surface area contributed by atoms with Crippen LogP contribution in [0.2, 0.25) is 5.02 Å². The molecule has 0 bridgehead atoms. The first kappa shape index (κ1) is 20.8. The van der Waals surface area contributed by atoms with Gasteiger partial charge in [-0.1, -0.05) is 35.9 Å². The zero-order valence-electron chi connectivity index (χ0n) is 16.4. The van der Waals surface area contributed by atoms with Crippen molar-refractivity contribution >= 4 is 39.1 Å². The molecule has 0 radical (unpaired) electrons. The number of hydrogen-bond donors (Lipinski definition) is 0. The number of carbonyl (C=O) groups excluding carboxylic acids is 1. The molecule has 0 N–H and O–H groups in total. The molecule has 0 aliphatic carbocycles. The number of thiazole rings is 1. The number of aromatic nitrogens is 1. The summed E-state index contributed by atoms with van der Waals surface area (Å²) in [5.74, 6) is 0.193. The smallest absolute Gasteiger partial charge is 0.222 e. The van der Waals surface area contributed by atoms with E-state index in [2.05, 4.69) is 16.0 Å². The highest BCUT2D eigenvalue weighted by molar-refractivity contribution is 7.18. The topological polar surface area (TPSA) is 36.4 Å². The van der Waals surface area contributed by atoms with Crippen molar-refractivity contribution < 1.29 is 4.79 Å². The second-order valence-electron chi connectivity index (χ2n) is 7.17. The number of para-hydroxylation sites is 1. The molecule has 1 amide bonds. The molecule has 4 nitrogen and oxygen atoms in total. The molecule has 1 aromatic heterocycles. The number of nitrogens with zero attached hydrogens (tertiary/aromatic N) is 3. The van der Waals surface area contributed by atoms with Gasteiger partial charge in [-0.2, -0.15) is 0 Å². The number of fused-ring (bicyclic) bond motifs is 1. The summed E-state index contributed by atoms with van der Waals surface area (Å²) in [6.45, 7) is 2.18. The summed E-state index contributed by atoms with van der Waals surface area (Å²) in [6.07, 6.45) is 2.20. The van der Waals surface area contributed by atoms with Crippen molar-refractivity contribution in [3.8, 4) is 0 Å². The van der Waals surface area contributed by atoms with Crippen LogP contribution < -0.4 is 0 Å². The van der Waals surface area contributed by atoms with Crippen molar-refractivity contribution in [2.75, 3.05) is 27.2 Å². The number of aryl methyl sites for hydroxylation is 1. The Hall–Kier alpha value is -1.95. The van der Waals surface area contributed by atoms with Gasteiger partial charge >= 0.3 is 0 Å². The fourth-order valence-corrected chi connectivity index (χ4v) is 4.13. The lowest BCUT2D eigenvalue weighted by Crippen LogP contribution is -2.36. The molecular weight excluding hydrogens is 390 g/mol. The Kier molecular flexibility index (Phi) is 7.43. The Bertz CT molecular complexity index is 875. The average Bonchev–Trinajstić information content (AvgIpc) is 3.09. The van der Waals surface area contributed by atoms with E-state index in [-0.39, 0.29) is 5.91 Å². The van der Waals surface area contributed by atoms with E-state index in [1.807, 2.05) is 61.5 Å². The lowest BCUT2D eigenvalue weighted by molar-refractivity contribution is -0.132. The summed E-state index contributed by atoms with van der Waals surface area (Å²) in [4.78, 5) is 21.6. The second kappa shape index (κ2) is 10.0. The van der Waals surface area contributed by atoms with E-state index in [9.17, 15) is 4.79 Å². The number of halogens is 1. The molecule has 0 aliphatic rings. The molecule has 0 unspecified atom stereocenters. The normalized spacial score (nSPS) is 11.3. The van der Waals surface area contributed by atoms with Crippen LogP contribution in [0.1, 0.15) is 23.4 Å². The number of rotatable bonds is 9. The summed E-state index contributed by atoms with van der Waals surface area (Å²) in [5.41, 5.74) is 2.15. The first-order chi connectivity index (χ1) is 13.5. The van der Waals surface area contributed by atoms with Crippen molar-refractivity contribution in [2.24, 2.45) is 0 Å². The van der Waals surface area contributed by atoms with Gasteiger partial charge in [-0.05, 0) is 56.8 Å². The maximum Gasteiger partial charge on any atom is 0.222 e. The molecule has 1 heterocycles. The van der Waals surface area contributed by atoms with Gasteiger partial charge in [0.25, 0.3) is 0 Å². The van der Waals surface area contributed by atoms with Gasteiger partial charge in [-0.25, -0.2) is 4.98 Å². The maximum atomic E-state index is 12.9. The lowest BCUT2D eigenvalue weighted by atomic mass is 10.1. The predicted molar refractivity (Wildman–Crippen MR) is 118 cm³/mol. The molecule has 28 heavy (non-hydrogen) atoms. The minimum absolute atomic E-state index is 0.193. The summed E-state index contributed by atoms with van der Waals surface area (Å²) < 4.78 is 1.21. The van der Waals surface area contributed by atoms with Gasteiger partial charge in [0.05, 0.1) is 15.2 Å². The molecular formula is C22H26ClN3OS. The van der Waals surface area contributed by atoms with Crippen molar-refractivity contribution in [1.29, 1.82) is 0 Å². The molecule has 0 saturated carbocycles. The van der Waals surface area contributed by atoms with Gasteiger partial charge in [0.2, 0.25) is 5.91 Å². The fraction of sp³-hybridized carbons (Fsp3) is 0.364. The number of hydrogen-bond acceptors (Lipinski definition) is 4. The van der Waals surface area contributed by atoms with Crippen LogP contribution in [0.3, 0.4) is 0 Å². The number of benzene rings is 2. The monoisotopic (exact) mass is 415 g/mol. The van der Waals surface area contributed by atoms with E-state index in [1.54, 1.807) is 11.3 Å². The summed E-state index contributed by atoms with van der Waals surface area (Å²) in [7, 11) is 4.05. The van der Waals surface area contributed by atoms with Crippen LogP contribution in [0.15, 0.2) is 48.5 Å². The third-order valence-electron chi connectivity index (χ3n) is 4.58. The standard InChI is InChI=1S/C22H26ClN3OS/c1-25(2)14-15-26(16-17-10-12-18(23)13-11-17)22(27)9-5-8-21-24-19-6-3-4-7-20(19)28-21/h3-4,6-7,10-13H,5,8-9,14-16H2,1-2H3. The Morgan fingerprint density at radius 2 is 1.82 bits per heavy atom. The molecule has 0 saturated heterocycles. The number of likely N-dealkylation sites (N-methyl/N-ethyl adjacent to an activating group) is 1. The fourth-order valence-electron chi connectivity index (χ4n) is 3.00. The second-order valence-corrected chi connectivity index (χ2v) is 8.73. The van der Waals surface area contributed by atoms with E-state index < -0.39 is 0 Å². The number of amides is 1. The van der Waals surface area contributed by atoms with E-state index in [4.69, 9.17) is 11.6 Å². The molecule has 0 spiro atoms. The molecule has 3 rings (SSSR count). The van der Waals surface area contributed by atoms with Crippen LogP contribution in [0, 0.1) is 0 Å². The van der Waals surface area contributed by atoms with Crippen molar-refractivity contribution in [2.45, 2.75) is 25.8 Å². The first-order valence-electron chi connectivity index (χ1n) is 9.52. The van der Waals surface area contributed by atoms with Crippen molar-refractivity contribution in [3.05, 3.63) is 64.1 Å². The Balaban J connectivity index is 1.57. The molecule has 0 aliphatic heterocycles. The summed E-state index contributed by atoms with van der Waals surface area (Å²) >= 11 is 7.70. The van der Waals surface area contributed by atoms with Crippen LogP contribution in [-0.4, -0.2) is 47.9 Å². The Morgan fingerprint density at radius 3 is 2.54 bits per heavy atom. The largest absolute Gasteiger partial charge is 0.337 e. The van der Waals surface area contributed by atoms with Crippen molar-refractivity contribution in [1.82, 2.24) is 14.8 Å². The summed E-state index contributed by atoms with van der Waals surface area (Å²) in [6, 6.07) is 15.9. The van der Waals surface area contributed by atoms with Crippen LogP contribution in [-0.2, 0) is 17.8 Å². The minimum atomic E-state index is 0.193. The lowest BCUT2D eigenvalue weighted by Gasteiger charge is -2.24. The van der Waals surface area contributed by atoms with Gasteiger partial charge in [0.1, 0.15) is 0 Å². The molecule has 148 valence electrons. The number of carbonyl (C=O) groups is 1. The quantitative estimate of drug-likeness (QED) is 0.500. The zero-order chi connectivity index (χ0) is 19.9. The highest BCUT2D eigenvalue weighted by atomic mass is 35.5. The predicted octanol–water partition coefficient (Wildman–Crippen LogP) is 4.86. The molecule has 2 aromatic carbocycles. The molecule has 0 atom stereocenters. The first-order valence-corrected chi connectivity index (χ1v) is 10.7. The van der Waals surface area contributed by atoms with Crippen LogP contribution in [0.4, 0.5) is 0 Å². The van der Waals surface area contributed by atoms with Gasteiger partial charge in [0.15, 0.2) is 0 Å². The Morgan fingerprint density at radius 1 is 1.07 bits per heavy atom. The van der Waals surface area contributed by atoms with E-state index >= 15 is 0 Å². The highest BCUT2D eigenvalue weighted by Gasteiger charge is 2.15. The molecule has 3 aromatic rings. The van der Waals surface area contributed by atoms with Gasteiger partial charge < -0.3 is 9.80 Å². The zero-order valence-corrected chi connectivity index (χ0v) is 18.0. The average molecular weight is 416 g/mol. The third-order valence-corrected chi connectivity index (χ3v) is 5.92. The van der Waals surface area contributed by atoms with Gasteiger partial charge in [0, 0.05) is 31.1 Å². The van der Waals surface area contributed by atoms with E-state index in [1.165, 1.54) is 4.70 Å². The van der Waals surface area contributed by atoms with Crippen LogP contribution >= 0.6 is 22.9 Å². The van der Waals surface area contributed by atoms with Crippen LogP contribution in [0.5, 0.6) is 0 Å². The third kappa shape index (κ3) is 6.03.